The van der Waals surface area contributed by atoms with Crippen LogP contribution >= 0.6 is 0 Å². The van der Waals surface area contributed by atoms with E-state index in [0.717, 1.165) is 0 Å². The first-order valence-corrected chi connectivity index (χ1v) is 5.45. The fraction of sp³-hybridized carbons (Fsp3) is 0.214. The van der Waals surface area contributed by atoms with E-state index in [-0.39, 0.29) is 12.8 Å². The smallest absolute Gasteiger partial charge is 0.316 e. The van der Waals surface area contributed by atoms with Crippen LogP contribution in [-0.4, -0.2) is 5.97 Å². The lowest BCUT2D eigenvalue weighted by Crippen LogP contribution is -2.22. The van der Waals surface area contributed by atoms with E-state index in [2.05, 4.69) is 16.6 Å². The molecule has 0 saturated heterocycles. The van der Waals surface area contributed by atoms with Crippen LogP contribution < -0.4 is 4.74 Å². The molecule has 0 radical (unpaired) electrons. The van der Waals surface area contributed by atoms with Crippen molar-refractivity contribution in [3.05, 3.63) is 29.1 Å². The lowest BCUT2D eigenvalue weighted by Gasteiger charge is -2.12. The van der Waals surface area contributed by atoms with Crippen LogP contribution in [0.15, 0.2) is 0 Å². The molecule has 0 heterocycles. The number of benzene rings is 1. The SMILES string of the molecule is C#CCC(CC#C)C(=O)Oc1c(F)c(F)c(F)c(F)c1F. The zero-order chi connectivity index (χ0) is 16.2. The standard InChI is InChI=1S/C14H7F5O2/c1-3-5-7(6-4-2)14(20)21-13-11(18)9(16)8(15)10(17)12(13)19/h1-2,7H,5-6H2. The Morgan fingerprint density at radius 1 is 0.905 bits per heavy atom. The van der Waals surface area contributed by atoms with Crippen molar-refractivity contribution in [1.29, 1.82) is 0 Å². The Morgan fingerprint density at radius 2 is 1.29 bits per heavy atom. The van der Waals surface area contributed by atoms with Gasteiger partial charge in [0.2, 0.25) is 34.8 Å². The largest absolute Gasteiger partial charge is 0.420 e. The molecule has 2 nitrogen and oxygen atoms in total. The minimum absolute atomic E-state index is 0.210. The molecule has 0 saturated carbocycles. The van der Waals surface area contributed by atoms with Gasteiger partial charge in [0.05, 0.1) is 5.92 Å². The summed E-state index contributed by atoms with van der Waals surface area (Å²) in [5.41, 5.74) is 0. The number of carbonyl (C=O) groups is 1. The van der Waals surface area contributed by atoms with Crippen LogP contribution in [-0.2, 0) is 4.79 Å². The van der Waals surface area contributed by atoms with Gasteiger partial charge in [-0.1, -0.05) is 0 Å². The van der Waals surface area contributed by atoms with E-state index >= 15 is 0 Å². The molecular formula is C14H7F5O2. The highest BCUT2D eigenvalue weighted by Crippen LogP contribution is 2.30. The van der Waals surface area contributed by atoms with Gasteiger partial charge in [-0.3, -0.25) is 4.79 Å². The highest BCUT2D eigenvalue weighted by atomic mass is 19.2. The van der Waals surface area contributed by atoms with Crippen molar-refractivity contribution in [1.82, 2.24) is 0 Å². The maximum atomic E-state index is 13.3. The molecule has 0 aliphatic heterocycles. The summed E-state index contributed by atoms with van der Waals surface area (Å²) in [6.45, 7) is 0. The van der Waals surface area contributed by atoms with Gasteiger partial charge < -0.3 is 4.74 Å². The van der Waals surface area contributed by atoms with Crippen LogP contribution in [0.1, 0.15) is 12.8 Å². The Balaban J connectivity index is 3.17. The first-order chi connectivity index (χ1) is 9.84. The second-order valence-corrected chi connectivity index (χ2v) is 3.83. The Hall–Kier alpha value is -2.54. The average molecular weight is 302 g/mol. The molecule has 0 unspecified atom stereocenters. The zero-order valence-corrected chi connectivity index (χ0v) is 10.4. The third-order valence-electron chi connectivity index (χ3n) is 2.43. The number of rotatable bonds is 4. The number of terminal acetylenes is 2. The molecule has 21 heavy (non-hydrogen) atoms. The Morgan fingerprint density at radius 3 is 1.67 bits per heavy atom. The fourth-order valence-corrected chi connectivity index (χ4v) is 1.38. The molecule has 0 N–H and O–H groups in total. The van der Waals surface area contributed by atoms with E-state index in [1.165, 1.54) is 0 Å². The summed E-state index contributed by atoms with van der Waals surface area (Å²) in [6.07, 6.45) is 9.53. The number of halogens is 5. The summed E-state index contributed by atoms with van der Waals surface area (Å²) in [4.78, 5) is 11.6. The highest BCUT2D eigenvalue weighted by molar-refractivity contribution is 5.76. The molecule has 0 bridgehead atoms. The number of carbonyl (C=O) groups excluding carboxylic acids is 1. The van der Waals surface area contributed by atoms with Crippen LogP contribution in [0.25, 0.3) is 0 Å². The number of esters is 1. The molecular weight excluding hydrogens is 295 g/mol. The lowest BCUT2D eigenvalue weighted by molar-refractivity contribution is -0.139. The predicted molar refractivity (Wildman–Crippen MR) is 62.3 cm³/mol. The summed E-state index contributed by atoms with van der Waals surface area (Å²) in [6, 6.07) is 0. The van der Waals surface area contributed by atoms with E-state index < -0.39 is 46.7 Å². The highest BCUT2D eigenvalue weighted by Gasteiger charge is 2.30. The van der Waals surface area contributed by atoms with Gasteiger partial charge in [0.15, 0.2) is 0 Å². The molecule has 1 aromatic rings. The van der Waals surface area contributed by atoms with Gasteiger partial charge in [0, 0.05) is 12.8 Å². The molecule has 1 aromatic carbocycles. The van der Waals surface area contributed by atoms with Gasteiger partial charge in [-0.2, -0.15) is 8.78 Å². The van der Waals surface area contributed by atoms with Crippen molar-refractivity contribution in [2.24, 2.45) is 5.92 Å². The van der Waals surface area contributed by atoms with Crippen molar-refractivity contribution in [2.45, 2.75) is 12.8 Å². The molecule has 0 aliphatic rings. The maximum Gasteiger partial charge on any atom is 0.316 e. The molecule has 0 amide bonds. The lowest BCUT2D eigenvalue weighted by atomic mass is 10.0. The van der Waals surface area contributed by atoms with Crippen LogP contribution in [0, 0.1) is 59.7 Å². The van der Waals surface area contributed by atoms with Crippen LogP contribution in [0.4, 0.5) is 22.0 Å². The molecule has 1 rings (SSSR count). The van der Waals surface area contributed by atoms with Gasteiger partial charge >= 0.3 is 5.97 Å². The molecule has 0 spiro atoms. The molecule has 110 valence electrons. The second kappa shape index (κ2) is 6.76. The summed E-state index contributed by atoms with van der Waals surface area (Å²) < 4.78 is 69.6. The van der Waals surface area contributed by atoms with E-state index in [9.17, 15) is 26.7 Å². The van der Waals surface area contributed by atoms with E-state index in [0.29, 0.717) is 0 Å². The van der Waals surface area contributed by atoms with E-state index in [4.69, 9.17) is 12.8 Å². The summed E-state index contributed by atoms with van der Waals surface area (Å²) in [5.74, 6) is -11.2. The van der Waals surface area contributed by atoms with Crippen molar-refractivity contribution in [2.75, 3.05) is 0 Å². The van der Waals surface area contributed by atoms with Crippen molar-refractivity contribution in [3.8, 4) is 30.4 Å². The van der Waals surface area contributed by atoms with Crippen LogP contribution in [0.3, 0.4) is 0 Å². The van der Waals surface area contributed by atoms with Crippen LogP contribution in [0.5, 0.6) is 5.75 Å². The third kappa shape index (κ3) is 3.32. The fourth-order valence-electron chi connectivity index (χ4n) is 1.38. The molecule has 0 aliphatic carbocycles. The predicted octanol–water partition coefficient (Wildman–Crippen LogP) is 2.95. The molecule has 0 fully saturated rings. The monoisotopic (exact) mass is 302 g/mol. The molecule has 0 atom stereocenters. The van der Waals surface area contributed by atoms with Gasteiger partial charge in [-0.25, -0.2) is 13.2 Å². The molecule has 7 heteroatoms. The number of hydrogen-bond acceptors (Lipinski definition) is 2. The van der Waals surface area contributed by atoms with Crippen molar-refractivity contribution in [3.63, 3.8) is 0 Å². The van der Waals surface area contributed by atoms with E-state index in [1.54, 1.807) is 0 Å². The quantitative estimate of drug-likeness (QED) is 0.213. The minimum Gasteiger partial charge on any atom is -0.420 e. The normalized spacial score (nSPS) is 10.1. The topological polar surface area (TPSA) is 26.3 Å². The summed E-state index contributed by atoms with van der Waals surface area (Å²) in [7, 11) is 0. The number of hydrogen-bond donors (Lipinski definition) is 0. The molecule has 0 aromatic heterocycles. The average Bonchev–Trinajstić information content (AvgIpc) is 2.47. The zero-order valence-electron chi connectivity index (χ0n) is 10.4. The summed E-state index contributed by atoms with van der Waals surface area (Å²) >= 11 is 0. The third-order valence-corrected chi connectivity index (χ3v) is 2.43. The Labute approximate surface area is 116 Å². The van der Waals surface area contributed by atoms with Crippen LogP contribution in [0.2, 0.25) is 0 Å². The first-order valence-electron chi connectivity index (χ1n) is 5.45. The first kappa shape index (κ1) is 16.5. The van der Waals surface area contributed by atoms with Gasteiger partial charge in [0.25, 0.3) is 0 Å². The van der Waals surface area contributed by atoms with Gasteiger partial charge in [-0.15, -0.1) is 24.7 Å². The van der Waals surface area contributed by atoms with Gasteiger partial charge in [0.1, 0.15) is 0 Å². The number of ether oxygens (including phenoxy) is 1. The van der Waals surface area contributed by atoms with Crippen molar-refractivity contribution < 1.29 is 31.5 Å². The second-order valence-electron chi connectivity index (χ2n) is 3.83. The maximum absolute atomic E-state index is 13.3. The van der Waals surface area contributed by atoms with Crippen molar-refractivity contribution >= 4 is 5.97 Å². The Kier molecular flexibility index (Phi) is 5.31. The van der Waals surface area contributed by atoms with Gasteiger partial charge in [-0.05, 0) is 0 Å². The minimum atomic E-state index is -2.35. The summed E-state index contributed by atoms with van der Waals surface area (Å²) in [5, 5.41) is 0. The Bertz CT molecular complexity index is 610. The van der Waals surface area contributed by atoms with E-state index in [1.807, 2.05) is 0 Å².